The first kappa shape index (κ1) is 15.2. The molecule has 0 heterocycles. The Morgan fingerprint density at radius 2 is 1.64 bits per heavy atom. The Balaban J connectivity index is 2.14. The molecule has 0 aliphatic rings. The highest BCUT2D eigenvalue weighted by atomic mass is 16.4. The van der Waals surface area contributed by atoms with Crippen LogP contribution in [-0.4, -0.2) is 32.3 Å². The van der Waals surface area contributed by atoms with Crippen LogP contribution in [0.4, 0.5) is 0 Å². The Bertz CT molecular complexity index is 741. The molecule has 0 aromatic heterocycles. The van der Waals surface area contributed by atoms with E-state index in [2.05, 4.69) is 5.32 Å². The van der Waals surface area contributed by atoms with Gasteiger partial charge >= 0.3 is 5.97 Å². The summed E-state index contributed by atoms with van der Waals surface area (Å²) in [6.07, 6.45) is 0. The molecule has 114 valence electrons. The summed E-state index contributed by atoms with van der Waals surface area (Å²) in [6.45, 7) is 0.0312. The maximum Gasteiger partial charge on any atom is 0.339 e. The minimum atomic E-state index is -1.34. The van der Waals surface area contributed by atoms with Crippen LogP contribution in [0.5, 0.6) is 17.2 Å². The molecule has 0 aliphatic carbocycles. The molecule has 2 aromatic carbocycles. The smallest absolute Gasteiger partial charge is 0.339 e. The number of hydrogen-bond donors (Lipinski definition) is 5. The molecule has 0 saturated heterocycles. The van der Waals surface area contributed by atoms with Crippen molar-refractivity contribution in [2.45, 2.75) is 6.54 Å². The van der Waals surface area contributed by atoms with Crippen molar-refractivity contribution >= 4 is 11.9 Å². The monoisotopic (exact) mass is 303 g/mol. The zero-order valence-electron chi connectivity index (χ0n) is 11.3. The average molecular weight is 303 g/mol. The SMILES string of the molecule is O=C(O)c1cccc(C(=O)NCc2ccc(O)c(O)c2)c1O. The lowest BCUT2D eigenvalue weighted by molar-refractivity contribution is 0.0693. The number of para-hydroxylation sites is 1. The summed E-state index contributed by atoms with van der Waals surface area (Å²) in [4.78, 5) is 22.9. The molecule has 0 bridgehead atoms. The largest absolute Gasteiger partial charge is 0.506 e. The minimum Gasteiger partial charge on any atom is -0.506 e. The quantitative estimate of drug-likeness (QED) is 0.544. The molecular weight excluding hydrogens is 290 g/mol. The lowest BCUT2D eigenvalue weighted by Gasteiger charge is -2.09. The summed E-state index contributed by atoms with van der Waals surface area (Å²) in [5.74, 6) is -3.20. The third-order valence-electron chi connectivity index (χ3n) is 3.00. The van der Waals surface area contributed by atoms with Gasteiger partial charge in [-0.25, -0.2) is 4.79 Å². The van der Waals surface area contributed by atoms with E-state index in [1.165, 1.54) is 36.4 Å². The Morgan fingerprint density at radius 3 is 2.27 bits per heavy atom. The fraction of sp³-hybridized carbons (Fsp3) is 0.0667. The van der Waals surface area contributed by atoms with Gasteiger partial charge in [0.2, 0.25) is 0 Å². The van der Waals surface area contributed by atoms with Gasteiger partial charge in [-0.3, -0.25) is 4.79 Å². The van der Waals surface area contributed by atoms with Crippen molar-refractivity contribution in [2.75, 3.05) is 0 Å². The molecule has 0 saturated carbocycles. The third-order valence-corrected chi connectivity index (χ3v) is 3.00. The lowest BCUT2D eigenvalue weighted by atomic mass is 10.1. The highest BCUT2D eigenvalue weighted by molar-refractivity contribution is 6.01. The van der Waals surface area contributed by atoms with E-state index in [0.717, 1.165) is 0 Å². The van der Waals surface area contributed by atoms with Gasteiger partial charge in [0.15, 0.2) is 11.5 Å². The maximum atomic E-state index is 12.0. The maximum absolute atomic E-state index is 12.0. The molecular formula is C15H13NO6. The van der Waals surface area contributed by atoms with E-state index in [4.69, 9.17) is 5.11 Å². The van der Waals surface area contributed by atoms with Crippen molar-refractivity contribution in [3.05, 3.63) is 53.1 Å². The number of hydrogen-bond acceptors (Lipinski definition) is 5. The van der Waals surface area contributed by atoms with Crippen LogP contribution in [0.1, 0.15) is 26.3 Å². The van der Waals surface area contributed by atoms with Gasteiger partial charge in [-0.2, -0.15) is 0 Å². The molecule has 1 amide bonds. The highest BCUT2D eigenvalue weighted by Crippen LogP contribution is 2.25. The number of benzene rings is 2. The zero-order valence-corrected chi connectivity index (χ0v) is 11.3. The molecule has 7 nitrogen and oxygen atoms in total. The van der Waals surface area contributed by atoms with E-state index < -0.39 is 17.6 Å². The molecule has 7 heteroatoms. The second kappa shape index (κ2) is 6.04. The van der Waals surface area contributed by atoms with Crippen LogP contribution in [0.25, 0.3) is 0 Å². The van der Waals surface area contributed by atoms with Crippen molar-refractivity contribution in [1.82, 2.24) is 5.32 Å². The first-order chi connectivity index (χ1) is 10.4. The number of carboxylic acid groups (broad SMARTS) is 1. The summed E-state index contributed by atoms with van der Waals surface area (Å²) in [5.41, 5.74) is -0.00430. The van der Waals surface area contributed by atoms with Gasteiger partial charge in [-0.05, 0) is 29.8 Å². The van der Waals surface area contributed by atoms with Crippen LogP contribution in [0, 0.1) is 0 Å². The number of aromatic hydroxyl groups is 3. The number of carbonyl (C=O) groups is 2. The molecule has 0 unspecified atom stereocenters. The van der Waals surface area contributed by atoms with Crippen molar-refractivity contribution < 1.29 is 30.0 Å². The van der Waals surface area contributed by atoms with Crippen LogP contribution in [-0.2, 0) is 6.54 Å². The van der Waals surface area contributed by atoms with Crippen molar-refractivity contribution in [1.29, 1.82) is 0 Å². The van der Waals surface area contributed by atoms with Crippen LogP contribution in [0.3, 0.4) is 0 Å². The third kappa shape index (κ3) is 3.09. The highest BCUT2D eigenvalue weighted by Gasteiger charge is 2.17. The molecule has 5 N–H and O–H groups in total. The Hall–Kier alpha value is -3.22. The van der Waals surface area contributed by atoms with Gasteiger partial charge in [-0.1, -0.05) is 12.1 Å². The van der Waals surface area contributed by atoms with Crippen LogP contribution in [0.15, 0.2) is 36.4 Å². The van der Waals surface area contributed by atoms with E-state index >= 15 is 0 Å². The molecule has 0 radical (unpaired) electrons. The topological polar surface area (TPSA) is 127 Å². The normalized spacial score (nSPS) is 10.2. The number of nitrogens with one attached hydrogen (secondary N) is 1. The fourth-order valence-electron chi connectivity index (χ4n) is 1.86. The summed E-state index contributed by atoms with van der Waals surface area (Å²) in [5, 5.41) is 39.7. The molecule has 0 spiro atoms. The van der Waals surface area contributed by atoms with Gasteiger partial charge in [-0.15, -0.1) is 0 Å². The first-order valence-electron chi connectivity index (χ1n) is 6.24. The van der Waals surface area contributed by atoms with Gasteiger partial charge in [0.25, 0.3) is 5.91 Å². The summed E-state index contributed by atoms with van der Waals surface area (Å²) >= 11 is 0. The predicted octanol–water partition coefficient (Wildman–Crippen LogP) is 1.43. The van der Waals surface area contributed by atoms with Crippen molar-refractivity contribution in [3.8, 4) is 17.2 Å². The van der Waals surface area contributed by atoms with Gasteiger partial charge in [0.1, 0.15) is 11.3 Å². The van der Waals surface area contributed by atoms with E-state index in [1.807, 2.05) is 0 Å². The van der Waals surface area contributed by atoms with Crippen LogP contribution in [0.2, 0.25) is 0 Å². The number of amides is 1. The second-order valence-electron chi connectivity index (χ2n) is 4.51. The number of phenols is 3. The fourth-order valence-corrected chi connectivity index (χ4v) is 1.86. The van der Waals surface area contributed by atoms with E-state index in [1.54, 1.807) is 0 Å². The second-order valence-corrected chi connectivity index (χ2v) is 4.51. The minimum absolute atomic E-state index is 0.0312. The number of rotatable bonds is 4. The standard InChI is InChI=1S/C15H13NO6/c17-11-5-4-8(6-12(11)18)7-16-14(20)9-2-1-3-10(13(9)19)15(21)22/h1-6,17-19H,7H2,(H,16,20)(H,21,22). The zero-order chi connectivity index (χ0) is 16.3. The molecule has 22 heavy (non-hydrogen) atoms. The van der Waals surface area contributed by atoms with E-state index in [-0.39, 0.29) is 29.2 Å². The van der Waals surface area contributed by atoms with Crippen LogP contribution < -0.4 is 5.32 Å². The summed E-state index contributed by atoms with van der Waals surface area (Å²) in [7, 11) is 0. The van der Waals surface area contributed by atoms with Gasteiger partial charge in [0.05, 0.1) is 5.56 Å². The number of aromatic carboxylic acids is 1. The Morgan fingerprint density at radius 1 is 0.955 bits per heavy atom. The van der Waals surface area contributed by atoms with Gasteiger partial charge in [0, 0.05) is 6.54 Å². The van der Waals surface area contributed by atoms with E-state index in [9.17, 15) is 24.9 Å². The molecule has 2 rings (SSSR count). The number of carbonyl (C=O) groups excluding carboxylic acids is 1. The summed E-state index contributed by atoms with van der Waals surface area (Å²) < 4.78 is 0. The molecule has 0 fully saturated rings. The molecule has 0 aliphatic heterocycles. The summed E-state index contributed by atoms with van der Waals surface area (Å²) in [6, 6.07) is 7.90. The van der Waals surface area contributed by atoms with Crippen molar-refractivity contribution in [2.24, 2.45) is 0 Å². The molecule has 0 atom stereocenters. The lowest BCUT2D eigenvalue weighted by Crippen LogP contribution is -2.23. The predicted molar refractivity (Wildman–Crippen MR) is 76.0 cm³/mol. The van der Waals surface area contributed by atoms with Gasteiger partial charge < -0.3 is 25.7 Å². The van der Waals surface area contributed by atoms with Crippen LogP contribution >= 0.6 is 0 Å². The van der Waals surface area contributed by atoms with Crippen molar-refractivity contribution in [3.63, 3.8) is 0 Å². The first-order valence-corrected chi connectivity index (χ1v) is 6.24. The van der Waals surface area contributed by atoms with E-state index in [0.29, 0.717) is 5.56 Å². The number of carboxylic acids is 1. The average Bonchev–Trinajstić information content (AvgIpc) is 2.48. The molecule has 2 aromatic rings. The number of phenolic OH excluding ortho intramolecular Hbond substituents is 2. The Kier molecular flexibility index (Phi) is 4.17. The Labute approximate surface area is 125 Å².